The summed E-state index contributed by atoms with van der Waals surface area (Å²) in [6, 6.07) is 1.53. The Kier molecular flexibility index (Phi) is 6.56. The van der Waals surface area contributed by atoms with E-state index in [-0.39, 0.29) is 7.26 Å². The summed E-state index contributed by atoms with van der Waals surface area (Å²) in [5.74, 6) is -0.221. The Morgan fingerprint density at radius 3 is 2.91 bits per heavy atom. The highest BCUT2D eigenvalue weighted by Crippen LogP contribution is 2.18. The highest BCUT2D eigenvalue weighted by atomic mass is 16.5. The highest BCUT2D eigenvalue weighted by Gasteiger charge is 2.11. The van der Waals surface area contributed by atoms with Gasteiger partial charge in [-0.15, -0.1) is 0 Å². The molecule has 1 heterocycles. The first-order chi connectivity index (χ1) is 10.5. The normalized spacial score (nSPS) is 12.8. The number of ether oxygens (including phenoxy) is 1. The number of nitrogens with two attached hydrogens (primary N) is 1. The molecular weight excluding hydrogens is 280 g/mol. The molecule has 0 fully saturated rings. The summed E-state index contributed by atoms with van der Waals surface area (Å²) < 4.78 is 4.70. The average Bonchev–Trinajstić information content (AvgIpc) is 2.55. The van der Waals surface area contributed by atoms with Crippen molar-refractivity contribution in [3.05, 3.63) is 60.2 Å². The Bertz CT molecular complexity index is 651. The molecule has 0 atom stereocenters. The van der Waals surface area contributed by atoms with Crippen LogP contribution < -0.4 is 11.1 Å². The molecular formula is C16H22N4O2. The van der Waals surface area contributed by atoms with Crippen molar-refractivity contribution in [2.45, 2.75) is 13.8 Å². The molecule has 1 aromatic heterocycles. The van der Waals surface area contributed by atoms with Crippen molar-refractivity contribution in [2.24, 2.45) is 10.7 Å². The van der Waals surface area contributed by atoms with Crippen molar-refractivity contribution < 1.29 is 11.0 Å². The molecule has 6 nitrogen and oxygen atoms in total. The van der Waals surface area contributed by atoms with Crippen LogP contribution in [0, 0.1) is 0 Å². The highest BCUT2D eigenvalue weighted by molar-refractivity contribution is 6.01. The number of hydrogen-bond donors (Lipinski definition) is 2. The van der Waals surface area contributed by atoms with Crippen LogP contribution in [0.4, 0.5) is 5.69 Å². The van der Waals surface area contributed by atoms with Crippen LogP contribution in [0.2, 0.25) is 0 Å². The van der Waals surface area contributed by atoms with Crippen molar-refractivity contribution in [3.8, 4) is 0 Å². The first-order valence-corrected chi connectivity index (χ1v) is 6.62. The second kappa shape index (κ2) is 8.41. The number of pyridine rings is 1. The Morgan fingerprint density at radius 2 is 2.32 bits per heavy atom. The van der Waals surface area contributed by atoms with Crippen LogP contribution in [0.1, 0.15) is 25.6 Å². The van der Waals surface area contributed by atoms with E-state index >= 15 is 0 Å². The lowest BCUT2D eigenvalue weighted by Crippen LogP contribution is -2.16. The summed E-state index contributed by atoms with van der Waals surface area (Å²) in [4.78, 5) is 19.9. The predicted octanol–water partition coefficient (Wildman–Crippen LogP) is 2.69. The number of carbonyl (C=O) groups excluding carboxylic acids is 1. The van der Waals surface area contributed by atoms with Gasteiger partial charge in [-0.1, -0.05) is 12.7 Å². The zero-order valence-corrected chi connectivity index (χ0v) is 13.0. The molecule has 118 valence electrons. The smallest absolute Gasteiger partial charge is 0.340 e. The summed E-state index contributed by atoms with van der Waals surface area (Å²) in [6.07, 6.45) is 8.23. The minimum atomic E-state index is -0.489. The molecule has 0 radical (unpaired) electrons. The number of amidine groups is 1. The fourth-order valence-corrected chi connectivity index (χ4v) is 1.50. The van der Waals surface area contributed by atoms with Crippen LogP contribution >= 0.6 is 0 Å². The van der Waals surface area contributed by atoms with E-state index in [2.05, 4.69) is 21.9 Å². The molecule has 6 heteroatoms. The van der Waals surface area contributed by atoms with E-state index in [0.29, 0.717) is 16.8 Å². The molecule has 0 spiro atoms. The van der Waals surface area contributed by atoms with E-state index in [1.807, 2.05) is 13.0 Å². The number of nitrogens with zero attached hydrogens (tertiary/aromatic N) is 2. The number of methoxy groups -OCH3 is 1. The monoisotopic (exact) mass is 302 g/mol. The summed E-state index contributed by atoms with van der Waals surface area (Å²) in [5.41, 5.74) is 8.17. The molecule has 1 rings (SSSR count). The molecule has 0 aliphatic rings. The van der Waals surface area contributed by atoms with Crippen LogP contribution in [-0.2, 0) is 4.74 Å². The third kappa shape index (κ3) is 4.59. The standard InChI is InChI=1S/C16H20N4O2.H2/c1-5-12(6-2)19-9-11(3)15(17)20-14-10-18-8-7-13(14)16(21)22-4;/h5-10,19H,1H2,2-4H3,(H2,17,20);1H/b11-9-,12-6-;. The quantitative estimate of drug-likeness (QED) is 0.365. The summed E-state index contributed by atoms with van der Waals surface area (Å²) in [5, 5.41) is 3.05. The van der Waals surface area contributed by atoms with Gasteiger partial charge in [0.2, 0.25) is 0 Å². The fourth-order valence-electron chi connectivity index (χ4n) is 1.50. The second-order valence-electron chi connectivity index (χ2n) is 4.30. The topological polar surface area (TPSA) is 89.6 Å². The second-order valence-corrected chi connectivity index (χ2v) is 4.30. The zero-order chi connectivity index (χ0) is 16.5. The van der Waals surface area contributed by atoms with Gasteiger partial charge in [0.1, 0.15) is 5.84 Å². The minimum Gasteiger partial charge on any atom is -0.465 e. The Labute approximate surface area is 131 Å². The van der Waals surface area contributed by atoms with Gasteiger partial charge in [0.05, 0.1) is 24.6 Å². The maximum absolute atomic E-state index is 11.7. The van der Waals surface area contributed by atoms with Gasteiger partial charge in [0.25, 0.3) is 0 Å². The molecule has 0 saturated carbocycles. The SMILES string of the molecule is C=C/C(=C/C)N/C=C(/C)C(N)=Nc1cnccc1C(=O)OC.[HH]. The van der Waals surface area contributed by atoms with Crippen molar-refractivity contribution in [3.63, 3.8) is 0 Å². The molecule has 0 amide bonds. The minimum absolute atomic E-state index is 0. The van der Waals surface area contributed by atoms with E-state index in [9.17, 15) is 4.79 Å². The molecule has 0 aliphatic carbocycles. The van der Waals surface area contributed by atoms with Gasteiger partial charge in [-0.25, -0.2) is 9.79 Å². The maximum Gasteiger partial charge on any atom is 0.340 e. The predicted molar refractivity (Wildman–Crippen MR) is 89.8 cm³/mol. The first kappa shape index (κ1) is 17.2. The van der Waals surface area contributed by atoms with Crippen LogP contribution in [0.25, 0.3) is 0 Å². The first-order valence-electron chi connectivity index (χ1n) is 6.62. The van der Waals surface area contributed by atoms with Gasteiger partial charge < -0.3 is 15.8 Å². The van der Waals surface area contributed by atoms with Crippen LogP contribution in [-0.4, -0.2) is 23.9 Å². The number of allylic oxidation sites excluding steroid dienone is 2. The summed E-state index contributed by atoms with van der Waals surface area (Å²) >= 11 is 0. The van der Waals surface area contributed by atoms with Crippen molar-refractivity contribution >= 4 is 17.5 Å². The fraction of sp³-hybridized carbons (Fsp3) is 0.188. The van der Waals surface area contributed by atoms with E-state index < -0.39 is 5.97 Å². The molecule has 0 saturated heterocycles. The molecule has 3 N–H and O–H groups in total. The van der Waals surface area contributed by atoms with E-state index in [1.165, 1.54) is 25.6 Å². The molecule has 22 heavy (non-hydrogen) atoms. The molecule has 0 aliphatic heterocycles. The number of aromatic nitrogens is 1. The molecule has 0 aromatic carbocycles. The Hall–Kier alpha value is -2.89. The number of nitrogens with one attached hydrogen (secondary N) is 1. The van der Waals surface area contributed by atoms with Gasteiger partial charge in [0, 0.05) is 25.1 Å². The summed E-state index contributed by atoms with van der Waals surface area (Å²) in [7, 11) is 1.31. The zero-order valence-electron chi connectivity index (χ0n) is 13.0. The van der Waals surface area contributed by atoms with Crippen molar-refractivity contribution in [1.29, 1.82) is 0 Å². The Balaban J connectivity index is 0.00000484. The average molecular weight is 302 g/mol. The number of hydrogen-bond acceptors (Lipinski definition) is 5. The van der Waals surface area contributed by atoms with Crippen molar-refractivity contribution in [2.75, 3.05) is 7.11 Å². The van der Waals surface area contributed by atoms with E-state index in [1.54, 1.807) is 19.2 Å². The lowest BCUT2D eigenvalue weighted by molar-refractivity contribution is 0.0601. The maximum atomic E-state index is 11.7. The molecule has 1 aromatic rings. The lowest BCUT2D eigenvalue weighted by Gasteiger charge is -2.06. The third-order valence-electron chi connectivity index (χ3n) is 2.84. The number of rotatable bonds is 6. The van der Waals surface area contributed by atoms with Gasteiger partial charge >= 0.3 is 5.97 Å². The van der Waals surface area contributed by atoms with Crippen LogP contribution in [0.5, 0.6) is 0 Å². The van der Waals surface area contributed by atoms with Crippen LogP contribution in [0.15, 0.2) is 59.7 Å². The third-order valence-corrected chi connectivity index (χ3v) is 2.84. The van der Waals surface area contributed by atoms with Gasteiger partial charge in [-0.05, 0) is 26.0 Å². The number of aliphatic imine (C=N–C) groups is 1. The van der Waals surface area contributed by atoms with Gasteiger partial charge in [0.15, 0.2) is 0 Å². The summed E-state index contributed by atoms with van der Waals surface area (Å²) in [6.45, 7) is 7.38. The van der Waals surface area contributed by atoms with E-state index in [4.69, 9.17) is 10.5 Å². The Morgan fingerprint density at radius 1 is 1.59 bits per heavy atom. The van der Waals surface area contributed by atoms with Crippen molar-refractivity contribution in [1.82, 2.24) is 10.3 Å². The number of carbonyl (C=O) groups is 1. The van der Waals surface area contributed by atoms with Gasteiger partial charge in [-0.3, -0.25) is 4.98 Å². The van der Waals surface area contributed by atoms with Gasteiger partial charge in [-0.2, -0.15) is 0 Å². The van der Waals surface area contributed by atoms with E-state index in [0.717, 1.165) is 5.70 Å². The molecule has 0 bridgehead atoms. The van der Waals surface area contributed by atoms with Crippen LogP contribution in [0.3, 0.4) is 0 Å². The molecule has 0 unspecified atom stereocenters. The largest absolute Gasteiger partial charge is 0.465 e. The number of esters is 1. The lowest BCUT2D eigenvalue weighted by atomic mass is 10.2.